The van der Waals surface area contributed by atoms with Crippen molar-refractivity contribution in [3.05, 3.63) is 28.8 Å². The van der Waals surface area contributed by atoms with Crippen molar-refractivity contribution in [3.63, 3.8) is 0 Å². The first kappa shape index (κ1) is 17.3. The van der Waals surface area contributed by atoms with Crippen LogP contribution >= 0.6 is 11.6 Å². The van der Waals surface area contributed by atoms with Crippen molar-refractivity contribution < 1.29 is 4.74 Å². The minimum Gasteiger partial charge on any atom is -0.492 e. The second-order valence-electron chi connectivity index (χ2n) is 6.17. The van der Waals surface area contributed by atoms with E-state index in [1.54, 1.807) is 0 Å². The second-order valence-corrected chi connectivity index (χ2v) is 6.58. The maximum absolute atomic E-state index is 6.26. The molecule has 0 radical (unpaired) electrons. The summed E-state index contributed by atoms with van der Waals surface area (Å²) in [5, 5.41) is 4.12. The van der Waals surface area contributed by atoms with Crippen molar-refractivity contribution in [1.29, 1.82) is 0 Å². The van der Waals surface area contributed by atoms with Gasteiger partial charge < -0.3 is 10.1 Å². The van der Waals surface area contributed by atoms with Crippen molar-refractivity contribution in [2.24, 2.45) is 11.8 Å². The molecule has 0 aliphatic carbocycles. The van der Waals surface area contributed by atoms with Crippen molar-refractivity contribution in [3.8, 4) is 5.75 Å². The van der Waals surface area contributed by atoms with Crippen molar-refractivity contribution in [2.45, 2.75) is 47.1 Å². The van der Waals surface area contributed by atoms with Crippen LogP contribution in [0.1, 0.15) is 46.1 Å². The van der Waals surface area contributed by atoms with Crippen LogP contribution in [0, 0.1) is 11.8 Å². The summed E-state index contributed by atoms with van der Waals surface area (Å²) in [5.74, 6) is 2.18. The van der Waals surface area contributed by atoms with Crippen LogP contribution < -0.4 is 10.1 Å². The van der Waals surface area contributed by atoms with E-state index in [0.717, 1.165) is 37.8 Å². The molecule has 1 aromatic carbocycles. The molecule has 1 rings (SSSR count). The Labute approximate surface area is 128 Å². The molecule has 0 aromatic heterocycles. The molecule has 0 unspecified atom stereocenters. The summed E-state index contributed by atoms with van der Waals surface area (Å²) >= 11 is 6.26. The molecule has 1 aromatic rings. The maximum Gasteiger partial charge on any atom is 0.137 e. The van der Waals surface area contributed by atoms with E-state index in [1.807, 2.05) is 12.1 Å². The van der Waals surface area contributed by atoms with Crippen LogP contribution in [0.15, 0.2) is 18.2 Å². The van der Waals surface area contributed by atoms with Crippen LogP contribution in [0.25, 0.3) is 0 Å². The molecule has 2 nitrogen and oxygen atoms in total. The molecule has 114 valence electrons. The van der Waals surface area contributed by atoms with Gasteiger partial charge in [-0.25, -0.2) is 0 Å². The zero-order valence-electron chi connectivity index (χ0n) is 13.2. The number of hydrogen-bond donors (Lipinski definition) is 1. The van der Waals surface area contributed by atoms with Crippen LogP contribution in [-0.2, 0) is 6.54 Å². The van der Waals surface area contributed by atoms with Crippen LogP contribution in [-0.4, -0.2) is 13.2 Å². The quantitative estimate of drug-likeness (QED) is 0.655. The van der Waals surface area contributed by atoms with E-state index < -0.39 is 0 Å². The zero-order valence-corrected chi connectivity index (χ0v) is 14.0. The molecule has 0 spiro atoms. The molecule has 0 fully saturated rings. The lowest BCUT2D eigenvalue weighted by atomic mass is 10.1. The van der Waals surface area contributed by atoms with Gasteiger partial charge in [-0.3, -0.25) is 0 Å². The Balaban J connectivity index is 2.39. The molecule has 20 heavy (non-hydrogen) atoms. The van der Waals surface area contributed by atoms with Gasteiger partial charge in [0.25, 0.3) is 0 Å². The fourth-order valence-electron chi connectivity index (χ4n) is 1.95. The van der Waals surface area contributed by atoms with Gasteiger partial charge in [0, 0.05) is 6.54 Å². The molecule has 0 saturated carbocycles. The van der Waals surface area contributed by atoms with Crippen LogP contribution in [0.4, 0.5) is 0 Å². The topological polar surface area (TPSA) is 21.3 Å². The van der Waals surface area contributed by atoms with Gasteiger partial charge in [0.05, 0.1) is 11.6 Å². The Morgan fingerprint density at radius 3 is 2.50 bits per heavy atom. The smallest absolute Gasteiger partial charge is 0.137 e. The number of hydrogen-bond acceptors (Lipinski definition) is 2. The van der Waals surface area contributed by atoms with Crippen molar-refractivity contribution in [1.82, 2.24) is 5.32 Å². The number of benzene rings is 1. The summed E-state index contributed by atoms with van der Waals surface area (Å²) in [7, 11) is 0. The predicted molar refractivity (Wildman–Crippen MR) is 87.6 cm³/mol. The van der Waals surface area contributed by atoms with Gasteiger partial charge in [-0.15, -0.1) is 0 Å². The van der Waals surface area contributed by atoms with Gasteiger partial charge in [-0.1, -0.05) is 45.4 Å². The van der Waals surface area contributed by atoms with Crippen molar-refractivity contribution >= 4 is 11.6 Å². The van der Waals surface area contributed by atoms with Gasteiger partial charge in [0.2, 0.25) is 0 Å². The highest BCUT2D eigenvalue weighted by Gasteiger charge is 2.04. The monoisotopic (exact) mass is 297 g/mol. The third kappa shape index (κ3) is 7.16. The van der Waals surface area contributed by atoms with Gasteiger partial charge >= 0.3 is 0 Å². The van der Waals surface area contributed by atoms with Crippen LogP contribution in [0.3, 0.4) is 0 Å². The summed E-state index contributed by atoms with van der Waals surface area (Å²) in [6, 6.07) is 6.05. The fourth-order valence-corrected chi connectivity index (χ4v) is 2.21. The highest BCUT2D eigenvalue weighted by atomic mass is 35.5. The minimum absolute atomic E-state index is 0.661. The van der Waals surface area contributed by atoms with E-state index in [9.17, 15) is 0 Å². The Hall–Kier alpha value is -0.730. The van der Waals surface area contributed by atoms with Gasteiger partial charge in [0.15, 0.2) is 0 Å². The highest BCUT2D eigenvalue weighted by Crippen LogP contribution is 2.25. The lowest BCUT2D eigenvalue weighted by Gasteiger charge is -2.11. The number of halogens is 1. The molecule has 0 aliphatic rings. The van der Waals surface area contributed by atoms with Crippen LogP contribution in [0.5, 0.6) is 5.75 Å². The van der Waals surface area contributed by atoms with E-state index in [2.05, 4.69) is 39.1 Å². The molecule has 3 heteroatoms. The molecule has 0 amide bonds. The van der Waals surface area contributed by atoms with E-state index in [-0.39, 0.29) is 0 Å². The molecule has 0 aliphatic heterocycles. The molecule has 1 N–H and O–H groups in total. The molecule has 0 atom stereocenters. The van der Waals surface area contributed by atoms with E-state index in [1.165, 1.54) is 12.0 Å². The Morgan fingerprint density at radius 2 is 1.90 bits per heavy atom. The van der Waals surface area contributed by atoms with E-state index in [0.29, 0.717) is 10.9 Å². The molecular weight excluding hydrogens is 270 g/mol. The first-order chi connectivity index (χ1) is 9.49. The average molecular weight is 298 g/mol. The Morgan fingerprint density at radius 1 is 1.15 bits per heavy atom. The lowest BCUT2D eigenvalue weighted by Crippen LogP contribution is -2.18. The number of ether oxygens (including phenoxy) is 1. The lowest BCUT2D eigenvalue weighted by molar-refractivity contribution is 0.298. The first-order valence-electron chi connectivity index (χ1n) is 7.61. The third-order valence-electron chi connectivity index (χ3n) is 3.06. The van der Waals surface area contributed by atoms with Crippen molar-refractivity contribution in [2.75, 3.05) is 13.2 Å². The van der Waals surface area contributed by atoms with Gasteiger partial charge in [-0.2, -0.15) is 0 Å². The highest BCUT2D eigenvalue weighted by molar-refractivity contribution is 6.32. The number of rotatable bonds is 9. The zero-order chi connectivity index (χ0) is 15.0. The normalized spacial score (nSPS) is 11.3. The van der Waals surface area contributed by atoms with Gasteiger partial charge in [-0.05, 0) is 48.9 Å². The summed E-state index contributed by atoms with van der Waals surface area (Å²) < 4.78 is 5.73. The van der Waals surface area contributed by atoms with E-state index >= 15 is 0 Å². The average Bonchev–Trinajstić information content (AvgIpc) is 2.36. The summed E-state index contributed by atoms with van der Waals surface area (Å²) in [6.07, 6.45) is 2.26. The SMILES string of the molecule is CC(C)CCCOc1ccc(CNCC(C)C)cc1Cl. The standard InChI is InChI=1S/C17H28ClNO/c1-13(2)6-5-9-20-17-8-7-15(10-16(17)18)12-19-11-14(3)4/h7-8,10,13-14,19H,5-6,9,11-12H2,1-4H3. The predicted octanol–water partition coefficient (Wildman–Crippen LogP) is 4.90. The Bertz CT molecular complexity index is 391. The molecule has 0 saturated heterocycles. The van der Waals surface area contributed by atoms with Crippen LogP contribution in [0.2, 0.25) is 5.02 Å². The largest absolute Gasteiger partial charge is 0.492 e. The second kappa shape index (κ2) is 9.25. The number of nitrogens with one attached hydrogen (secondary N) is 1. The van der Waals surface area contributed by atoms with E-state index in [4.69, 9.17) is 16.3 Å². The first-order valence-corrected chi connectivity index (χ1v) is 7.98. The minimum atomic E-state index is 0.661. The summed E-state index contributed by atoms with van der Waals surface area (Å²) in [5.41, 5.74) is 1.20. The van der Waals surface area contributed by atoms with Gasteiger partial charge in [0.1, 0.15) is 5.75 Å². The fraction of sp³-hybridized carbons (Fsp3) is 0.647. The molecular formula is C17H28ClNO. The third-order valence-corrected chi connectivity index (χ3v) is 3.36. The molecule has 0 heterocycles. The summed E-state index contributed by atoms with van der Waals surface area (Å²) in [4.78, 5) is 0. The molecule has 0 bridgehead atoms. The summed E-state index contributed by atoms with van der Waals surface area (Å²) in [6.45, 7) is 11.5. The Kier molecular flexibility index (Phi) is 8.01. The maximum atomic E-state index is 6.26.